The van der Waals surface area contributed by atoms with Crippen molar-refractivity contribution in [2.24, 2.45) is 5.92 Å². The molecule has 0 unspecified atom stereocenters. The van der Waals surface area contributed by atoms with Crippen LogP contribution >= 0.6 is 0 Å². The van der Waals surface area contributed by atoms with Crippen LogP contribution in [0.15, 0.2) is 6.20 Å². The topological polar surface area (TPSA) is 39.1 Å². The Morgan fingerprint density at radius 3 is 2.82 bits per heavy atom. The van der Waals surface area contributed by atoms with Crippen molar-refractivity contribution in [2.45, 2.75) is 40.3 Å². The fourth-order valence-electron chi connectivity index (χ4n) is 1.72. The molecule has 0 bridgehead atoms. The second-order valence-corrected chi connectivity index (χ2v) is 4.77. The van der Waals surface area contributed by atoms with Crippen molar-refractivity contribution in [1.82, 2.24) is 14.9 Å². The third-order valence-corrected chi connectivity index (χ3v) is 2.79. The van der Waals surface area contributed by atoms with E-state index in [1.54, 1.807) is 0 Å². The maximum absolute atomic E-state index is 5.64. The highest BCUT2D eigenvalue weighted by molar-refractivity contribution is 5.04. The van der Waals surface area contributed by atoms with Gasteiger partial charge in [0.2, 0.25) is 0 Å². The van der Waals surface area contributed by atoms with Gasteiger partial charge in [0.1, 0.15) is 5.82 Å². The summed E-state index contributed by atoms with van der Waals surface area (Å²) in [6.45, 7) is 9.83. The van der Waals surface area contributed by atoms with Crippen molar-refractivity contribution in [3.63, 3.8) is 0 Å². The number of aryl methyl sites for hydroxylation is 1. The van der Waals surface area contributed by atoms with Crippen LogP contribution in [0, 0.1) is 12.8 Å². The molecule has 0 saturated heterocycles. The van der Waals surface area contributed by atoms with E-state index in [9.17, 15) is 0 Å². The van der Waals surface area contributed by atoms with Crippen LogP contribution in [0.5, 0.6) is 0 Å². The quantitative estimate of drug-likeness (QED) is 0.705. The molecule has 1 N–H and O–H groups in total. The van der Waals surface area contributed by atoms with E-state index in [4.69, 9.17) is 4.74 Å². The van der Waals surface area contributed by atoms with Gasteiger partial charge in [0.25, 0.3) is 0 Å². The molecular weight excluding hydrogens is 214 g/mol. The molecule has 1 aromatic heterocycles. The first-order valence-corrected chi connectivity index (χ1v) is 6.38. The molecule has 17 heavy (non-hydrogen) atoms. The van der Waals surface area contributed by atoms with Crippen molar-refractivity contribution in [3.05, 3.63) is 17.7 Å². The average Bonchev–Trinajstić information content (AvgIpc) is 2.61. The van der Waals surface area contributed by atoms with Crippen molar-refractivity contribution in [2.75, 3.05) is 20.3 Å². The summed E-state index contributed by atoms with van der Waals surface area (Å²) < 4.78 is 7.85. The van der Waals surface area contributed by atoms with Crippen LogP contribution in [-0.4, -0.2) is 29.8 Å². The minimum absolute atomic E-state index is 0.713. The highest BCUT2D eigenvalue weighted by Gasteiger charge is 2.05. The second kappa shape index (κ2) is 7.45. The number of ether oxygens (including phenoxy) is 1. The largest absolute Gasteiger partial charge is 0.380 e. The van der Waals surface area contributed by atoms with Gasteiger partial charge < -0.3 is 14.6 Å². The molecule has 0 atom stereocenters. The van der Waals surface area contributed by atoms with Gasteiger partial charge >= 0.3 is 0 Å². The van der Waals surface area contributed by atoms with Crippen LogP contribution in [0.25, 0.3) is 0 Å². The first kappa shape index (κ1) is 14.2. The molecule has 0 radical (unpaired) electrons. The third kappa shape index (κ3) is 4.88. The zero-order valence-electron chi connectivity index (χ0n) is 11.5. The minimum atomic E-state index is 0.713. The number of hydrogen-bond acceptors (Lipinski definition) is 3. The summed E-state index contributed by atoms with van der Waals surface area (Å²) in [6, 6.07) is 0. The summed E-state index contributed by atoms with van der Waals surface area (Å²) in [4.78, 5) is 4.33. The molecule has 1 heterocycles. The number of nitrogens with zero attached hydrogens (tertiary/aromatic N) is 2. The average molecular weight is 239 g/mol. The van der Waals surface area contributed by atoms with Crippen LogP contribution in [0.3, 0.4) is 0 Å². The van der Waals surface area contributed by atoms with E-state index in [1.807, 2.05) is 20.2 Å². The number of rotatable bonds is 8. The number of hydrogen-bond donors (Lipinski definition) is 1. The lowest BCUT2D eigenvalue weighted by molar-refractivity contribution is 0.115. The molecule has 0 aliphatic rings. The van der Waals surface area contributed by atoms with Crippen LogP contribution in [0.2, 0.25) is 0 Å². The van der Waals surface area contributed by atoms with Crippen LogP contribution in [0.4, 0.5) is 0 Å². The molecule has 1 aromatic rings. The lowest BCUT2D eigenvalue weighted by Crippen LogP contribution is -2.15. The van der Waals surface area contributed by atoms with Gasteiger partial charge in [0.15, 0.2) is 0 Å². The first-order chi connectivity index (χ1) is 8.15. The maximum atomic E-state index is 5.64. The van der Waals surface area contributed by atoms with Crippen molar-refractivity contribution in [1.29, 1.82) is 0 Å². The lowest BCUT2D eigenvalue weighted by atomic mass is 10.1. The smallest absolute Gasteiger partial charge is 0.105 e. The Morgan fingerprint density at radius 1 is 1.41 bits per heavy atom. The zero-order chi connectivity index (χ0) is 12.7. The molecular formula is C13H25N3O. The fourth-order valence-corrected chi connectivity index (χ4v) is 1.72. The number of imidazole rings is 1. The Balaban J connectivity index is 2.32. The van der Waals surface area contributed by atoms with Crippen LogP contribution in [-0.2, 0) is 17.8 Å². The van der Waals surface area contributed by atoms with Crippen LogP contribution < -0.4 is 5.32 Å². The van der Waals surface area contributed by atoms with Gasteiger partial charge in [0.05, 0.1) is 12.3 Å². The molecule has 0 aliphatic heterocycles. The highest BCUT2D eigenvalue weighted by Crippen LogP contribution is 2.05. The van der Waals surface area contributed by atoms with Crippen LogP contribution in [0.1, 0.15) is 31.8 Å². The van der Waals surface area contributed by atoms with Gasteiger partial charge in [0, 0.05) is 25.9 Å². The number of aromatic nitrogens is 2. The van der Waals surface area contributed by atoms with Gasteiger partial charge in [-0.1, -0.05) is 13.8 Å². The normalized spacial score (nSPS) is 11.4. The Hall–Kier alpha value is -0.870. The van der Waals surface area contributed by atoms with Gasteiger partial charge in [-0.25, -0.2) is 4.98 Å². The van der Waals surface area contributed by atoms with E-state index in [0.717, 1.165) is 38.5 Å². The first-order valence-electron chi connectivity index (χ1n) is 6.38. The lowest BCUT2D eigenvalue weighted by Gasteiger charge is -2.11. The Kier molecular flexibility index (Phi) is 6.22. The second-order valence-electron chi connectivity index (χ2n) is 4.77. The van der Waals surface area contributed by atoms with E-state index in [2.05, 4.69) is 28.7 Å². The Bertz CT molecular complexity index is 320. The molecule has 4 nitrogen and oxygen atoms in total. The number of nitrogens with one attached hydrogen (secondary N) is 1. The molecule has 1 rings (SSSR count). The van der Waals surface area contributed by atoms with E-state index in [-0.39, 0.29) is 0 Å². The van der Waals surface area contributed by atoms with Gasteiger partial charge in [-0.15, -0.1) is 0 Å². The summed E-state index contributed by atoms with van der Waals surface area (Å²) in [6.07, 6.45) is 3.06. The predicted octanol–water partition coefficient (Wildman–Crippen LogP) is 1.97. The SMILES string of the molecule is CNCc1cnc(C)n1CCOCCC(C)C. The standard InChI is InChI=1S/C13H25N3O/c1-11(2)5-7-17-8-6-16-12(3)15-10-13(16)9-14-4/h10-11,14H,5-9H2,1-4H3. The van der Waals surface area contributed by atoms with Crippen molar-refractivity contribution in [3.8, 4) is 0 Å². The van der Waals surface area contributed by atoms with Crippen molar-refractivity contribution < 1.29 is 4.74 Å². The Morgan fingerprint density at radius 2 is 2.18 bits per heavy atom. The molecule has 0 aromatic carbocycles. The summed E-state index contributed by atoms with van der Waals surface area (Å²) in [5.41, 5.74) is 1.22. The van der Waals surface area contributed by atoms with E-state index in [0.29, 0.717) is 5.92 Å². The van der Waals surface area contributed by atoms with Crippen molar-refractivity contribution >= 4 is 0 Å². The Labute approximate surface area is 104 Å². The molecule has 4 heteroatoms. The monoisotopic (exact) mass is 239 g/mol. The summed E-state index contributed by atoms with van der Waals surface area (Å²) >= 11 is 0. The summed E-state index contributed by atoms with van der Waals surface area (Å²) in [5.74, 6) is 1.77. The minimum Gasteiger partial charge on any atom is -0.380 e. The van der Waals surface area contributed by atoms with E-state index >= 15 is 0 Å². The van der Waals surface area contributed by atoms with Gasteiger partial charge in [-0.3, -0.25) is 0 Å². The zero-order valence-corrected chi connectivity index (χ0v) is 11.5. The van der Waals surface area contributed by atoms with Gasteiger partial charge in [-0.2, -0.15) is 0 Å². The van der Waals surface area contributed by atoms with Gasteiger partial charge in [-0.05, 0) is 26.3 Å². The molecule has 0 aliphatic carbocycles. The summed E-state index contributed by atoms with van der Waals surface area (Å²) in [7, 11) is 1.95. The molecule has 0 spiro atoms. The third-order valence-electron chi connectivity index (χ3n) is 2.79. The maximum Gasteiger partial charge on any atom is 0.105 e. The molecule has 98 valence electrons. The molecule has 0 saturated carbocycles. The highest BCUT2D eigenvalue weighted by atomic mass is 16.5. The van der Waals surface area contributed by atoms with E-state index in [1.165, 1.54) is 5.69 Å². The summed E-state index contributed by atoms with van der Waals surface area (Å²) in [5, 5.41) is 3.15. The van der Waals surface area contributed by atoms with E-state index < -0.39 is 0 Å². The fraction of sp³-hybridized carbons (Fsp3) is 0.769. The predicted molar refractivity (Wildman–Crippen MR) is 70.0 cm³/mol. The molecule has 0 fully saturated rings. The molecule has 0 amide bonds.